The van der Waals surface area contributed by atoms with E-state index in [0.29, 0.717) is 5.75 Å². The normalized spacial score (nSPS) is 18.1. The molecule has 0 spiro atoms. The summed E-state index contributed by atoms with van der Waals surface area (Å²) in [6.45, 7) is 0. The molecule has 21 heavy (non-hydrogen) atoms. The first kappa shape index (κ1) is 14.3. The SMILES string of the molecule is COc1ccc(C(O)C2CSc3ccccc32)c(OC)c1. The fourth-order valence-corrected chi connectivity index (χ4v) is 4.01. The van der Waals surface area contributed by atoms with E-state index in [-0.39, 0.29) is 5.92 Å². The third kappa shape index (κ3) is 2.61. The van der Waals surface area contributed by atoms with E-state index in [1.807, 2.05) is 30.3 Å². The molecule has 1 heterocycles. The summed E-state index contributed by atoms with van der Waals surface area (Å²) in [6, 6.07) is 13.8. The van der Waals surface area contributed by atoms with Crippen LogP contribution in [0.2, 0.25) is 0 Å². The van der Waals surface area contributed by atoms with Gasteiger partial charge in [0.25, 0.3) is 0 Å². The summed E-state index contributed by atoms with van der Waals surface area (Å²) in [6.07, 6.45) is -0.581. The standard InChI is InChI=1S/C17H18O3S/c1-19-11-7-8-13(15(9-11)20-2)17(18)14-10-21-16-6-4-3-5-12(14)16/h3-9,14,17-18H,10H2,1-2H3. The van der Waals surface area contributed by atoms with Crippen molar-refractivity contribution in [3.05, 3.63) is 53.6 Å². The molecular weight excluding hydrogens is 284 g/mol. The average Bonchev–Trinajstić information content (AvgIpc) is 2.97. The van der Waals surface area contributed by atoms with Crippen LogP contribution in [-0.4, -0.2) is 25.1 Å². The Kier molecular flexibility index (Phi) is 4.08. The third-order valence-corrected chi connectivity index (χ3v) is 5.09. The second kappa shape index (κ2) is 6.00. The number of methoxy groups -OCH3 is 2. The molecule has 2 unspecified atom stereocenters. The Labute approximate surface area is 128 Å². The van der Waals surface area contributed by atoms with Crippen LogP contribution in [0.5, 0.6) is 11.5 Å². The van der Waals surface area contributed by atoms with Gasteiger partial charge in [-0.05, 0) is 23.8 Å². The van der Waals surface area contributed by atoms with Gasteiger partial charge in [-0.3, -0.25) is 0 Å². The van der Waals surface area contributed by atoms with Crippen molar-refractivity contribution in [3.8, 4) is 11.5 Å². The topological polar surface area (TPSA) is 38.7 Å². The molecule has 0 saturated heterocycles. The molecule has 2 atom stereocenters. The molecule has 0 aromatic heterocycles. The Morgan fingerprint density at radius 1 is 1.14 bits per heavy atom. The minimum absolute atomic E-state index is 0.0912. The highest BCUT2D eigenvalue weighted by molar-refractivity contribution is 7.99. The first-order chi connectivity index (χ1) is 10.2. The lowest BCUT2D eigenvalue weighted by Gasteiger charge is -2.21. The summed E-state index contributed by atoms with van der Waals surface area (Å²) in [7, 11) is 3.23. The summed E-state index contributed by atoms with van der Waals surface area (Å²) in [5.41, 5.74) is 2.02. The van der Waals surface area contributed by atoms with Crippen LogP contribution in [0.4, 0.5) is 0 Å². The van der Waals surface area contributed by atoms with Gasteiger partial charge >= 0.3 is 0 Å². The van der Waals surface area contributed by atoms with Crippen molar-refractivity contribution < 1.29 is 14.6 Å². The van der Waals surface area contributed by atoms with Gasteiger partial charge in [-0.15, -0.1) is 11.8 Å². The molecule has 3 nitrogen and oxygen atoms in total. The van der Waals surface area contributed by atoms with Gasteiger partial charge in [0.15, 0.2) is 0 Å². The van der Waals surface area contributed by atoms with Gasteiger partial charge < -0.3 is 14.6 Å². The quantitative estimate of drug-likeness (QED) is 0.936. The number of aliphatic hydroxyl groups is 1. The van der Waals surface area contributed by atoms with Crippen LogP contribution in [0.15, 0.2) is 47.4 Å². The van der Waals surface area contributed by atoms with Crippen LogP contribution in [-0.2, 0) is 0 Å². The maximum atomic E-state index is 10.8. The molecule has 110 valence electrons. The lowest BCUT2D eigenvalue weighted by atomic mass is 9.90. The fourth-order valence-electron chi connectivity index (χ4n) is 2.73. The number of hydrogen-bond acceptors (Lipinski definition) is 4. The maximum absolute atomic E-state index is 10.8. The highest BCUT2D eigenvalue weighted by atomic mass is 32.2. The van der Waals surface area contributed by atoms with E-state index in [9.17, 15) is 5.11 Å². The van der Waals surface area contributed by atoms with Crippen molar-refractivity contribution in [3.63, 3.8) is 0 Å². The average molecular weight is 302 g/mol. The largest absolute Gasteiger partial charge is 0.497 e. The van der Waals surface area contributed by atoms with E-state index in [4.69, 9.17) is 9.47 Å². The molecule has 1 N–H and O–H groups in total. The second-order valence-electron chi connectivity index (χ2n) is 5.01. The van der Waals surface area contributed by atoms with Crippen molar-refractivity contribution in [1.82, 2.24) is 0 Å². The number of thioether (sulfide) groups is 1. The van der Waals surface area contributed by atoms with E-state index in [1.54, 1.807) is 26.0 Å². The Bertz CT molecular complexity index is 642. The van der Waals surface area contributed by atoms with E-state index >= 15 is 0 Å². The molecule has 0 saturated carbocycles. The van der Waals surface area contributed by atoms with Gasteiger partial charge in [0.1, 0.15) is 11.5 Å². The van der Waals surface area contributed by atoms with Crippen molar-refractivity contribution >= 4 is 11.8 Å². The lowest BCUT2D eigenvalue weighted by Crippen LogP contribution is -2.11. The highest BCUT2D eigenvalue weighted by Crippen LogP contribution is 2.47. The van der Waals surface area contributed by atoms with Gasteiger partial charge in [0.2, 0.25) is 0 Å². The first-order valence-corrected chi connectivity index (χ1v) is 7.85. The van der Waals surface area contributed by atoms with E-state index in [0.717, 1.165) is 17.1 Å². The van der Waals surface area contributed by atoms with Crippen LogP contribution in [0.1, 0.15) is 23.1 Å². The summed E-state index contributed by atoms with van der Waals surface area (Å²) in [5, 5.41) is 10.8. The van der Waals surface area contributed by atoms with E-state index in [1.165, 1.54) is 10.5 Å². The van der Waals surface area contributed by atoms with Gasteiger partial charge in [-0.25, -0.2) is 0 Å². The number of rotatable bonds is 4. The summed E-state index contributed by atoms with van der Waals surface area (Å²) >= 11 is 1.79. The number of aliphatic hydroxyl groups excluding tert-OH is 1. The molecule has 0 bridgehead atoms. The third-order valence-electron chi connectivity index (χ3n) is 3.88. The highest BCUT2D eigenvalue weighted by Gasteiger charge is 2.31. The first-order valence-electron chi connectivity index (χ1n) is 6.86. The number of ether oxygens (including phenoxy) is 2. The summed E-state index contributed by atoms with van der Waals surface area (Å²) in [5.74, 6) is 2.36. The Hall–Kier alpha value is -1.65. The molecule has 0 amide bonds. The number of benzene rings is 2. The Balaban J connectivity index is 1.94. The molecule has 1 aliphatic rings. The fraction of sp³-hybridized carbons (Fsp3) is 0.294. The molecule has 4 heteroatoms. The molecule has 0 radical (unpaired) electrons. The van der Waals surface area contributed by atoms with Crippen molar-refractivity contribution in [1.29, 1.82) is 0 Å². The van der Waals surface area contributed by atoms with Crippen LogP contribution in [0.25, 0.3) is 0 Å². The van der Waals surface area contributed by atoms with Crippen LogP contribution < -0.4 is 9.47 Å². The Morgan fingerprint density at radius 3 is 2.71 bits per heavy atom. The molecule has 0 aliphatic carbocycles. The van der Waals surface area contributed by atoms with Crippen molar-refractivity contribution in [2.24, 2.45) is 0 Å². The van der Waals surface area contributed by atoms with E-state index < -0.39 is 6.10 Å². The van der Waals surface area contributed by atoms with Crippen LogP contribution in [0.3, 0.4) is 0 Å². The van der Waals surface area contributed by atoms with E-state index in [2.05, 4.69) is 12.1 Å². The zero-order valence-electron chi connectivity index (χ0n) is 12.1. The second-order valence-corrected chi connectivity index (χ2v) is 6.07. The van der Waals surface area contributed by atoms with Gasteiger partial charge in [0.05, 0.1) is 20.3 Å². The smallest absolute Gasteiger partial charge is 0.128 e. The molecule has 1 aliphatic heterocycles. The lowest BCUT2D eigenvalue weighted by molar-refractivity contribution is 0.150. The molecule has 2 aromatic rings. The summed E-state index contributed by atoms with van der Waals surface area (Å²) < 4.78 is 10.6. The van der Waals surface area contributed by atoms with Crippen molar-refractivity contribution in [2.45, 2.75) is 16.9 Å². The zero-order valence-corrected chi connectivity index (χ0v) is 12.9. The minimum Gasteiger partial charge on any atom is -0.497 e. The predicted octanol–water partition coefficient (Wildman–Crippen LogP) is 3.63. The zero-order chi connectivity index (χ0) is 14.8. The molecule has 3 rings (SSSR count). The van der Waals surface area contributed by atoms with Crippen LogP contribution >= 0.6 is 11.8 Å². The van der Waals surface area contributed by atoms with Crippen LogP contribution in [0, 0.1) is 0 Å². The van der Waals surface area contributed by atoms with Crippen molar-refractivity contribution in [2.75, 3.05) is 20.0 Å². The predicted molar refractivity (Wildman–Crippen MR) is 84.4 cm³/mol. The van der Waals surface area contributed by atoms with Gasteiger partial charge in [-0.1, -0.05) is 18.2 Å². The number of hydrogen-bond donors (Lipinski definition) is 1. The molecule has 2 aromatic carbocycles. The summed E-state index contributed by atoms with van der Waals surface area (Å²) in [4.78, 5) is 1.26. The maximum Gasteiger partial charge on any atom is 0.128 e. The number of fused-ring (bicyclic) bond motifs is 1. The monoisotopic (exact) mass is 302 g/mol. The van der Waals surface area contributed by atoms with Gasteiger partial charge in [0, 0.05) is 28.2 Å². The molecule has 0 fully saturated rings. The van der Waals surface area contributed by atoms with Gasteiger partial charge in [-0.2, -0.15) is 0 Å². The molecular formula is C17H18O3S. The minimum atomic E-state index is -0.581. The Morgan fingerprint density at radius 2 is 1.95 bits per heavy atom.